The van der Waals surface area contributed by atoms with Crippen LogP contribution in [0.4, 0.5) is 5.69 Å². The van der Waals surface area contributed by atoms with E-state index in [0.717, 1.165) is 54.8 Å². The van der Waals surface area contributed by atoms with Gasteiger partial charge in [0.25, 0.3) is 0 Å². The molecule has 0 amide bonds. The van der Waals surface area contributed by atoms with Crippen molar-refractivity contribution in [3.63, 3.8) is 0 Å². The average molecular weight is 410 g/mol. The molecule has 2 aromatic carbocycles. The summed E-state index contributed by atoms with van der Waals surface area (Å²) < 4.78 is 27.2. The summed E-state index contributed by atoms with van der Waals surface area (Å²) in [4.78, 5) is 9.61. The highest BCUT2D eigenvalue weighted by molar-refractivity contribution is 7.91. The Hall–Kier alpha value is -2.44. The van der Waals surface area contributed by atoms with Crippen molar-refractivity contribution < 1.29 is 8.42 Å². The third kappa shape index (κ3) is 3.74. The summed E-state index contributed by atoms with van der Waals surface area (Å²) in [6.45, 7) is 7.46. The second-order valence-corrected chi connectivity index (χ2v) is 9.70. The number of pyridine rings is 1. The highest BCUT2D eigenvalue weighted by atomic mass is 32.2. The van der Waals surface area contributed by atoms with Crippen molar-refractivity contribution >= 4 is 26.4 Å². The van der Waals surface area contributed by atoms with Gasteiger partial charge in [0.2, 0.25) is 9.84 Å². The van der Waals surface area contributed by atoms with Crippen molar-refractivity contribution in [2.45, 2.75) is 30.1 Å². The number of aryl methyl sites for hydroxylation is 2. The van der Waals surface area contributed by atoms with Crippen LogP contribution >= 0.6 is 0 Å². The second kappa shape index (κ2) is 7.76. The van der Waals surface area contributed by atoms with Gasteiger partial charge in [-0.05, 0) is 50.2 Å². The quantitative estimate of drug-likeness (QED) is 0.658. The lowest BCUT2D eigenvalue weighted by Crippen LogP contribution is -2.45. The van der Waals surface area contributed by atoms with Gasteiger partial charge in [-0.1, -0.05) is 30.7 Å². The first-order chi connectivity index (χ1) is 13.9. The molecular weight excluding hydrogens is 382 g/mol. The van der Waals surface area contributed by atoms with E-state index in [-0.39, 0.29) is 0 Å². The molecule has 0 radical (unpaired) electrons. The Labute approximate surface area is 172 Å². The van der Waals surface area contributed by atoms with Gasteiger partial charge in [0.05, 0.1) is 16.1 Å². The Bertz CT molecular complexity index is 1130. The summed E-state index contributed by atoms with van der Waals surface area (Å²) in [7, 11) is -1.58. The predicted octanol–water partition coefficient (Wildman–Crippen LogP) is 3.69. The molecule has 0 spiro atoms. The topological polar surface area (TPSA) is 53.5 Å². The van der Waals surface area contributed by atoms with Gasteiger partial charge in [-0.15, -0.1) is 0 Å². The van der Waals surface area contributed by atoms with Crippen LogP contribution in [0.1, 0.15) is 18.1 Å². The van der Waals surface area contributed by atoms with Crippen molar-refractivity contribution in [3.8, 4) is 0 Å². The van der Waals surface area contributed by atoms with Crippen LogP contribution in [-0.2, 0) is 16.3 Å². The standard InChI is InChI=1S/C23H27N3O2S/c1-4-18-7-10-21-20(15-18)23(26-13-11-25(3)12-14-26)22(16-24-21)29(27,28)19-8-5-17(2)6-9-19/h5-10,15-16H,4,11-14H2,1-3H3. The fourth-order valence-electron chi connectivity index (χ4n) is 3.82. The molecule has 1 aliphatic heterocycles. The predicted molar refractivity (Wildman–Crippen MR) is 117 cm³/mol. The monoisotopic (exact) mass is 409 g/mol. The number of rotatable bonds is 4. The van der Waals surface area contributed by atoms with Gasteiger partial charge in [0.15, 0.2) is 0 Å². The summed E-state index contributed by atoms with van der Waals surface area (Å²) in [5.41, 5.74) is 3.84. The van der Waals surface area contributed by atoms with E-state index >= 15 is 0 Å². The van der Waals surface area contributed by atoms with Crippen LogP contribution < -0.4 is 4.90 Å². The minimum Gasteiger partial charge on any atom is -0.367 e. The highest BCUT2D eigenvalue weighted by Gasteiger charge is 2.28. The fourth-order valence-corrected chi connectivity index (χ4v) is 5.26. The number of fused-ring (bicyclic) bond motifs is 1. The first kappa shape index (κ1) is 19.9. The first-order valence-electron chi connectivity index (χ1n) is 10.1. The minimum absolute atomic E-state index is 0.298. The summed E-state index contributed by atoms with van der Waals surface area (Å²) in [5.74, 6) is 0. The Morgan fingerprint density at radius 1 is 1.00 bits per heavy atom. The molecular formula is C23H27N3O2S. The van der Waals surface area contributed by atoms with E-state index in [4.69, 9.17) is 0 Å². The molecule has 0 bridgehead atoms. The van der Waals surface area contributed by atoms with Crippen molar-refractivity contribution in [1.82, 2.24) is 9.88 Å². The number of benzene rings is 2. The SMILES string of the molecule is CCc1ccc2ncc(S(=O)(=O)c3ccc(C)cc3)c(N3CCN(C)CC3)c2c1. The van der Waals surface area contributed by atoms with E-state index in [1.165, 1.54) is 11.8 Å². The molecule has 0 saturated carbocycles. The van der Waals surface area contributed by atoms with E-state index < -0.39 is 9.84 Å². The first-order valence-corrected chi connectivity index (χ1v) is 11.6. The molecule has 4 rings (SSSR count). The number of likely N-dealkylation sites (N-methyl/N-ethyl adjacent to an activating group) is 1. The van der Waals surface area contributed by atoms with E-state index in [2.05, 4.69) is 40.9 Å². The lowest BCUT2D eigenvalue weighted by molar-refractivity contribution is 0.312. The summed E-state index contributed by atoms with van der Waals surface area (Å²) in [6, 6.07) is 13.2. The van der Waals surface area contributed by atoms with E-state index in [9.17, 15) is 8.42 Å². The molecule has 152 valence electrons. The molecule has 3 aromatic rings. The zero-order valence-corrected chi connectivity index (χ0v) is 18.0. The molecule has 0 unspecified atom stereocenters. The van der Waals surface area contributed by atoms with Crippen LogP contribution in [0, 0.1) is 6.92 Å². The zero-order valence-electron chi connectivity index (χ0n) is 17.2. The van der Waals surface area contributed by atoms with Crippen LogP contribution in [0.3, 0.4) is 0 Å². The molecule has 6 heteroatoms. The van der Waals surface area contributed by atoms with E-state index in [0.29, 0.717) is 9.79 Å². The molecule has 1 aliphatic rings. The van der Waals surface area contributed by atoms with Gasteiger partial charge >= 0.3 is 0 Å². The van der Waals surface area contributed by atoms with Crippen LogP contribution in [-0.4, -0.2) is 51.5 Å². The number of anilines is 1. The van der Waals surface area contributed by atoms with Gasteiger partial charge < -0.3 is 9.80 Å². The largest absolute Gasteiger partial charge is 0.367 e. The average Bonchev–Trinajstić information content (AvgIpc) is 2.73. The Morgan fingerprint density at radius 3 is 2.34 bits per heavy atom. The highest BCUT2D eigenvalue weighted by Crippen LogP contribution is 2.36. The number of hydrogen-bond acceptors (Lipinski definition) is 5. The van der Waals surface area contributed by atoms with Crippen molar-refractivity contribution in [2.24, 2.45) is 0 Å². The third-order valence-electron chi connectivity index (χ3n) is 5.72. The maximum Gasteiger partial charge on any atom is 0.210 e. The summed E-state index contributed by atoms with van der Waals surface area (Å²) in [6.07, 6.45) is 2.43. The molecule has 1 saturated heterocycles. The minimum atomic E-state index is -3.68. The molecule has 1 aromatic heterocycles. The van der Waals surface area contributed by atoms with Crippen LogP contribution in [0.5, 0.6) is 0 Å². The molecule has 1 fully saturated rings. The Balaban J connectivity index is 1.95. The van der Waals surface area contributed by atoms with Crippen LogP contribution in [0.25, 0.3) is 10.9 Å². The van der Waals surface area contributed by atoms with Crippen LogP contribution in [0.15, 0.2) is 58.5 Å². The maximum atomic E-state index is 13.6. The second-order valence-electron chi connectivity index (χ2n) is 7.78. The summed E-state index contributed by atoms with van der Waals surface area (Å²) >= 11 is 0. The van der Waals surface area contributed by atoms with Gasteiger partial charge in [-0.3, -0.25) is 4.98 Å². The molecule has 0 atom stereocenters. The Kier molecular flexibility index (Phi) is 5.32. The van der Waals surface area contributed by atoms with E-state index in [1.807, 2.05) is 25.1 Å². The van der Waals surface area contributed by atoms with Crippen molar-refractivity contribution in [1.29, 1.82) is 0 Å². The molecule has 2 heterocycles. The van der Waals surface area contributed by atoms with E-state index in [1.54, 1.807) is 12.1 Å². The molecule has 0 N–H and O–H groups in total. The lowest BCUT2D eigenvalue weighted by Gasteiger charge is -2.35. The third-order valence-corrected chi connectivity index (χ3v) is 7.49. The smallest absolute Gasteiger partial charge is 0.210 e. The van der Waals surface area contributed by atoms with Gasteiger partial charge in [0, 0.05) is 37.8 Å². The maximum absolute atomic E-state index is 13.6. The van der Waals surface area contributed by atoms with Crippen molar-refractivity contribution in [3.05, 3.63) is 59.8 Å². The molecule has 29 heavy (non-hydrogen) atoms. The number of hydrogen-bond donors (Lipinski definition) is 0. The fraction of sp³-hybridized carbons (Fsp3) is 0.348. The number of nitrogens with zero attached hydrogens (tertiary/aromatic N) is 3. The normalized spacial score (nSPS) is 15.8. The zero-order chi connectivity index (χ0) is 20.6. The van der Waals surface area contributed by atoms with Crippen LogP contribution in [0.2, 0.25) is 0 Å². The van der Waals surface area contributed by atoms with Gasteiger partial charge in [-0.25, -0.2) is 8.42 Å². The Morgan fingerprint density at radius 2 is 1.69 bits per heavy atom. The number of piperazine rings is 1. The molecule has 5 nitrogen and oxygen atoms in total. The van der Waals surface area contributed by atoms with Crippen molar-refractivity contribution in [2.75, 3.05) is 38.1 Å². The molecule has 0 aliphatic carbocycles. The van der Waals surface area contributed by atoms with Gasteiger partial charge in [-0.2, -0.15) is 0 Å². The summed E-state index contributed by atoms with van der Waals surface area (Å²) in [5, 5.41) is 0.919. The number of aromatic nitrogens is 1. The van der Waals surface area contributed by atoms with Gasteiger partial charge in [0.1, 0.15) is 4.90 Å². The lowest BCUT2D eigenvalue weighted by atomic mass is 10.1. The number of sulfone groups is 1.